The third-order valence-electron chi connectivity index (χ3n) is 2.19. The fraction of sp³-hybridized carbons (Fsp3) is 0.182. The summed E-state index contributed by atoms with van der Waals surface area (Å²) in [5.74, 6) is -0.0392. The van der Waals surface area contributed by atoms with Gasteiger partial charge in [-0.15, -0.1) is 0 Å². The van der Waals surface area contributed by atoms with Gasteiger partial charge in [0.25, 0.3) is 0 Å². The van der Waals surface area contributed by atoms with E-state index in [-0.39, 0.29) is 5.56 Å². The summed E-state index contributed by atoms with van der Waals surface area (Å²) in [5, 5.41) is 15.2. The standard InChI is InChI=1S/C11H9FN4O/c12-9-2-1-3-10(8(9)6-13)14-5-4-11-15-7-16-17-11/h1-3,7,14H,4-5H2. The van der Waals surface area contributed by atoms with Crippen molar-refractivity contribution in [2.24, 2.45) is 0 Å². The molecule has 1 aromatic carbocycles. The van der Waals surface area contributed by atoms with Gasteiger partial charge in [-0.05, 0) is 12.1 Å². The number of nitriles is 1. The maximum atomic E-state index is 13.2. The highest BCUT2D eigenvalue weighted by atomic mass is 19.1. The minimum atomic E-state index is -0.532. The fourth-order valence-electron chi connectivity index (χ4n) is 1.40. The molecule has 0 aliphatic heterocycles. The lowest BCUT2D eigenvalue weighted by atomic mass is 10.2. The summed E-state index contributed by atoms with van der Waals surface area (Å²) in [7, 11) is 0. The van der Waals surface area contributed by atoms with Crippen molar-refractivity contribution in [3.05, 3.63) is 41.8 Å². The zero-order valence-corrected chi connectivity index (χ0v) is 8.85. The number of nitrogens with zero attached hydrogens (tertiary/aromatic N) is 3. The molecule has 0 spiro atoms. The number of hydrogen-bond donors (Lipinski definition) is 1. The predicted molar refractivity (Wildman–Crippen MR) is 57.6 cm³/mol. The lowest BCUT2D eigenvalue weighted by Crippen LogP contribution is -2.07. The molecule has 1 heterocycles. The number of aromatic nitrogens is 2. The Hall–Kier alpha value is -2.42. The van der Waals surface area contributed by atoms with Crippen molar-refractivity contribution in [3.8, 4) is 6.07 Å². The van der Waals surface area contributed by atoms with E-state index in [1.165, 1.54) is 12.4 Å². The Morgan fingerprint density at radius 3 is 3.06 bits per heavy atom. The molecule has 0 fully saturated rings. The van der Waals surface area contributed by atoms with E-state index in [2.05, 4.69) is 15.5 Å². The molecular weight excluding hydrogens is 223 g/mol. The molecule has 0 unspecified atom stereocenters. The summed E-state index contributed by atoms with van der Waals surface area (Å²) in [5.41, 5.74) is 0.477. The number of rotatable bonds is 4. The van der Waals surface area contributed by atoms with E-state index in [0.29, 0.717) is 24.5 Å². The van der Waals surface area contributed by atoms with E-state index in [9.17, 15) is 4.39 Å². The maximum absolute atomic E-state index is 13.2. The van der Waals surface area contributed by atoms with Crippen molar-refractivity contribution < 1.29 is 8.91 Å². The number of halogens is 1. The van der Waals surface area contributed by atoms with Gasteiger partial charge in [0.1, 0.15) is 17.4 Å². The molecule has 0 bridgehead atoms. The minimum absolute atomic E-state index is 0.0121. The maximum Gasteiger partial charge on any atom is 0.228 e. The van der Waals surface area contributed by atoms with Gasteiger partial charge in [0.05, 0.1) is 5.69 Å². The van der Waals surface area contributed by atoms with E-state index in [4.69, 9.17) is 9.78 Å². The quantitative estimate of drug-likeness (QED) is 0.868. The van der Waals surface area contributed by atoms with Crippen molar-refractivity contribution in [3.63, 3.8) is 0 Å². The van der Waals surface area contributed by atoms with Crippen molar-refractivity contribution >= 4 is 5.69 Å². The third kappa shape index (κ3) is 2.58. The highest BCUT2D eigenvalue weighted by Crippen LogP contribution is 2.17. The van der Waals surface area contributed by atoms with Crippen LogP contribution >= 0.6 is 0 Å². The molecule has 6 heteroatoms. The topological polar surface area (TPSA) is 74.7 Å². The van der Waals surface area contributed by atoms with E-state index in [0.717, 1.165) is 0 Å². The van der Waals surface area contributed by atoms with Crippen LogP contribution in [-0.2, 0) is 6.42 Å². The molecule has 0 saturated carbocycles. The summed E-state index contributed by atoms with van der Waals surface area (Å²) >= 11 is 0. The van der Waals surface area contributed by atoms with Gasteiger partial charge in [0, 0.05) is 13.0 Å². The van der Waals surface area contributed by atoms with Crippen LogP contribution < -0.4 is 5.32 Å². The largest absolute Gasteiger partial charge is 0.383 e. The summed E-state index contributed by atoms with van der Waals surface area (Å²) in [4.78, 5) is 3.85. The Morgan fingerprint density at radius 1 is 1.47 bits per heavy atom. The molecule has 0 saturated heterocycles. The van der Waals surface area contributed by atoms with Gasteiger partial charge in [0.15, 0.2) is 6.33 Å². The van der Waals surface area contributed by atoms with Gasteiger partial charge in [-0.3, -0.25) is 0 Å². The molecule has 0 aliphatic carbocycles. The van der Waals surface area contributed by atoms with Crippen molar-refractivity contribution in [2.45, 2.75) is 6.42 Å². The van der Waals surface area contributed by atoms with E-state index >= 15 is 0 Å². The lowest BCUT2D eigenvalue weighted by molar-refractivity contribution is 0.380. The van der Waals surface area contributed by atoms with Crippen LogP contribution in [0.5, 0.6) is 0 Å². The van der Waals surface area contributed by atoms with E-state index in [1.807, 2.05) is 6.07 Å². The first-order chi connectivity index (χ1) is 8.31. The van der Waals surface area contributed by atoms with Crippen LogP contribution in [0.2, 0.25) is 0 Å². The van der Waals surface area contributed by atoms with Gasteiger partial charge in [0.2, 0.25) is 5.89 Å². The zero-order chi connectivity index (χ0) is 12.1. The first-order valence-electron chi connectivity index (χ1n) is 4.99. The molecule has 0 amide bonds. The van der Waals surface area contributed by atoms with E-state index < -0.39 is 5.82 Å². The first kappa shape index (κ1) is 11.1. The molecule has 0 atom stereocenters. The second-order valence-electron chi connectivity index (χ2n) is 3.29. The molecule has 2 rings (SSSR count). The second-order valence-corrected chi connectivity index (χ2v) is 3.29. The minimum Gasteiger partial charge on any atom is -0.383 e. The smallest absolute Gasteiger partial charge is 0.228 e. The second kappa shape index (κ2) is 5.07. The summed E-state index contributed by atoms with van der Waals surface area (Å²) in [6.45, 7) is 0.486. The molecule has 0 radical (unpaired) electrons. The van der Waals surface area contributed by atoms with Gasteiger partial charge >= 0.3 is 0 Å². The Labute approximate surface area is 96.9 Å². The van der Waals surface area contributed by atoms with Crippen LogP contribution in [0.25, 0.3) is 0 Å². The molecular formula is C11H9FN4O. The Kier molecular flexibility index (Phi) is 3.31. The molecule has 17 heavy (non-hydrogen) atoms. The highest BCUT2D eigenvalue weighted by molar-refractivity contribution is 5.57. The SMILES string of the molecule is N#Cc1c(F)cccc1NCCc1ncno1. The molecule has 1 N–H and O–H groups in total. The monoisotopic (exact) mass is 232 g/mol. The molecule has 0 aliphatic rings. The van der Waals surface area contributed by atoms with Crippen LogP contribution in [0.1, 0.15) is 11.5 Å². The summed E-state index contributed by atoms with van der Waals surface area (Å²) in [6.07, 6.45) is 1.83. The average Bonchev–Trinajstić information content (AvgIpc) is 2.82. The Bertz CT molecular complexity index is 533. The summed E-state index contributed by atoms with van der Waals surface area (Å²) in [6, 6.07) is 6.27. The lowest BCUT2D eigenvalue weighted by Gasteiger charge is -2.06. The number of benzene rings is 1. The van der Waals surface area contributed by atoms with Gasteiger partial charge in [-0.2, -0.15) is 10.2 Å². The molecule has 1 aromatic heterocycles. The van der Waals surface area contributed by atoms with E-state index in [1.54, 1.807) is 12.1 Å². The van der Waals surface area contributed by atoms with Crippen LogP contribution in [0.15, 0.2) is 29.0 Å². The Balaban J connectivity index is 2.00. The highest BCUT2D eigenvalue weighted by Gasteiger charge is 2.07. The normalized spacial score (nSPS) is 9.88. The first-order valence-corrected chi connectivity index (χ1v) is 4.99. The average molecular weight is 232 g/mol. The number of hydrogen-bond acceptors (Lipinski definition) is 5. The molecule has 86 valence electrons. The van der Waals surface area contributed by atoms with Crippen molar-refractivity contribution in [2.75, 3.05) is 11.9 Å². The number of anilines is 1. The Morgan fingerprint density at radius 2 is 2.35 bits per heavy atom. The van der Waals surface area contributed by atoms with Crippen LogP contribution in [-0.4, -0.2) is 16.7 Å². The van der Waals surface area contributed by atoms with Gasteiger partial charge in [-0.25, -0.2) is 4.39 Å². The molecule has 2 aromatic rings. The zero-order valence-electron chi connectivity index (χ0n) is 8.85. The van der Waals surface area contributed by atoms with Crippen LogP contribution in [0.3, 0.4) is 0 Å². The summed E-state index contributed by atoms with van der Waals surface area (Å²) < 4.78 is 18.1. The van der Waals surface area contributed by atoms with Crippen molar-refractivity contribution in [1.82, 2.24) is 10.1 Å². The van der Waals surface area contributed by atoms with Crippen LogP contribution in [0.4, 0.5) is 10.1 Å². The van der Waals surface area contributed by atoms with Gasteiger partial charge in [-0.1, -0.05) is 11.2 Å². The van der Waals surface area contributed by atoms with Gasteiger partial charge < -0.3 is 9.84 Å². The van der Waals surface area contributed by atoms with Crippen molar-refractivity contribution in [1.29, 1.82) is 5.26 Å². The number of nitrogens with one attached hydrogen (secondary N) is 1. The predicted octanol–water partition coefficient (Wildman–Crippen LogP) is 1.73. The molecule has 5 nitrogen and oxygen atoms in total. The third-order valence-corrected chi connectivity index (χ3v) is 2.19. The fourth-order valence-corrected chi connectivity index (χ4v) is 1.40. The van der Waals surface area contributed by atoms with Crippen LogP contribution in [0, 0.1) is 17.1 Å².